The zero-order valence-corrected chi connectivity index (χ0v) is 15.5. The number of aldehydes is 1. The predicted molar refractivity (Wildman–Crippen MR) is 104 cm³/mol. The molecule has 0 aliphatic carbocycles. The molecular formula is C20H18N2O4S. The van der Waals surface area contributed by atoms with E-state index in [-0.39, 0.29) is 12.5 Å². The summed E-state index contributed by atoms with van der Waals surface area (Å²) >= 11 is 1.38. The molecule has 0 fully saturated rings. The van der Waals surface area contributed by atoms with Crippen LogP contribution in [0.4, 0.5) is 5.13 Å². The number of anilines is 1. The number of hydrogen-bond donors (Lipinski definition) is 1. The van der Waals surface area contributed by atoms with Crippen molar-refractivity contribution in [1.29, 1.82) is 0 Å². The predicted octanol–water partition coefficient (Wildman–Crippen LogP) is 3.57. The van der Waals surface area contributed by atoms with Crippen molar-refractivity contribution in [2.45, 2.75) is 6.42 Å². The van der Waals surface area contributed by atoms with Crippen LogP contribution >= 0.6 is 11.3 Å². The molecule has 6 nitrogen and oxygen atoms in total. The van der Waals surface area contributed by atoms with Crippen LogP contribution in [0.5, 0.6) is 11.5 Å². The minimum Gasteiger partial charge on any atom is -0.493 e. The normalized spacial score (nSPS) is 10.3. The van der Waals surface area contributed by atoms with Gasteiger partial charge in [-0.3, -0.25) is 14.9 Å². The maximum absolute atomic E-state index is 12.5. The van der Waals surface area contributed by atoms with Crippen molar-refractivity contribution < 1.29 is 19.1 Å². The molecule has 1 aromatic heterocycles. The van der Waals surface area contributed by atoms with E-state index in [9.17, 15) is 9.59 Å². The first-order valence-corrected chi connectivity index (χ1v) is 9.11. The smallest absolute Gasteiger partial charge is 0.257 e. The van der Waals surface area contributed by atoms with Gasteiger partial charge >= 0.3 is 0 Å². The molecule has 0 bridgehead atoms. The zero-order chi connectivity index (χ0) is 19.1. The third-order valence-electron chi connectivity index (χ3n) is 3.73. The highest BCUT2D eigenvalue weighted by atomic mass is 32.1. The van der Waals surface area contributed by atoms with Gasteiger partial charge in [-0.1, -0.05) is 30.3 Å². The third-order valence-corrected chi connectivity index (χ3v) is 4.54. The van der Waals surface area contributed by atoms with E-state index < -0.39 is 0 Å². The summed E-state index contributed by atoms with van der Waals surface area (Å²) in [5.74, 6) is 0.491. The Kier molecular flexibility index (Phi) is 6.17. The van der Waals surface area contributed by atoms with Crippen LogP contribution in [0, 0.1) is 0 Å². The fraction of sp³-hybridized carbons (Fsp3) is 0.150. The van der Waals surface area contributed by atoms with Gasteiger partial charge in [-0.15, -0.1) is 11.3 Å². The van der Waals surface area contributed by atoms with Crippen LogP contribution in [0.1, 0.15) is 21.6 Å². The van der Waals surface area contributed by atoms with Crippen LogP contribution in [0.25, 0.3) is 0 Å². The van der Waals surface area contributed by atoms with Gasteiger partial charge in [0.2, 0.25) is 0 Å². The van der Waals surface area contributed by atoms with E-state index in [0.29, 0.717) is 34.9 Å². The Hall–Kier alpha value is -3.19. The summed E-state index contributed by atoms with van der Waals surface area (Å²) in [7, 11) is 1.47. The maximum Gasteiger partial charge on any atom is 0.257 e. The number of benzene rings is 2. The number of carbonyl (C=O) groups excluding carboxylic acids is 2. The Morgan fingerprint density at radius 2 is 2.00 bits per heavy atom. The summed E-state index contributed by atoms with van der Waals surface area (Å²) in [6.45, 7) is -0.0782. The van der Waals surface area contributed by atoms with Crippen LogP contribution in [0.2, 0.25) is 0 Å². The lowest BCUT2D eigenvalue weighted by molar-refractivity contribution is -0.109. The Labute approximate surface area is 160 Å². The number of nitrogens with zero attached hydrogens (tertiary/aromatic N) is 1. The first kappa shape index (κ1) is 18.6. The van der Waals surface area contributed by atoms with Crippen molar-refractivity contribution in [3.63, 3.8) is 0 Å². The average molecular weight is 382 g/mol. The number of carbonyl (C=O) groups is 2. The molecule has 1 heterocycles. The molecule has 0 spiro atoms. The molecule has 0 atom stereocenters. The summed E-state index contributed by atoms with van der Waals surface area (Å²) in [6.07, 6.45) is 1.36. The molecule has 7 heteroatoms. The Morgan fingerprint density at radius 1 is 1.19 bits per heavy atom. The fourth-order valence-electron chi connectivity index (χ4n) is 2.47. The van der Waals surface area contributed by atoms with E-state index >= 15 is 0 Å². The monoisotopic (exact) mass is 382 g/mol. The van der Waals surface area contributed by atoms with Crippen molar-refractivity contribution >= 4 is 28.7 Å². The van der Waals surface area contributed by atoms with Crippen molar-refractivity contribution in [1.82, 2.24) is 4.98 Å². The number of nitrogens with one attached hydrogen (secondary N) is 1. The van der Waals surface area contributed by atoms with Gasteiger partial charge in [0, 0.05) is 17.4 Å². The van der Waals surface area contributed by atoms with Crippen molar-refractivity contribution in [3.05, 3.63) is 70.7 Å². The fourth-order valence-corrected chi connectivity index (χ4v) is 3.18. The molecule has 0 radical (unpaired) electrons. The molecule has 1 N–H and O–H groups in total. The molecule has 0 aliphatic heterocycles. The molecule has 1 amide bonds. The van der Waals surface area contributed by atoms with Crippen molar-refractivity contribution in [2.75, 3.05) is 19.0 Å². The SMILES string of the molecule is COc1cc(C(=O)Nc2nc(Cc3ccccc3)cs2)ccc1OCC=O. The summed E-state index contributed by atoms with van der Waals surface area (Å²) in [5, 5.41) is 5.26. The van der Waals surface area contributed by atoms with Gasteiger partial charge in [0.1, 0.15) is 6.61 Å². The zero-order valence-electron chi connectivity index (χ0n) is 14.7. The van der Waals surface area contributed by atoms with E-state index in [0.717, 1.165) is 11.3 Å². The first-order valence-electron chi connectivity index (χ1n) is 8.23. The summed E-state index contributed by atoms with van der Waals surface area (Å²) in [6, 6.07) is 14.8. The van der Waals surface area contributed by atoms with Gasteiger partial charge in [-0.25, -0.2) is 4.98 Å². The second-order valence-electron chi connectivity index (χ2n) is 5.60. The molecule has 27 heavy (non-hydrogen) atoms. The molecule has 0 aliphatic rings. The molecular weight excluding hydrogens is 364 g/mol. The molecule has 0 saturated carbocycles. The second kappa shape index (κ2) is 8.95. The lowest BCUT2D eigenvalue weighted by atomic mass is 10.1. The number of hydrogen-bond acceptors (Lipinski definition) is 6. The van der Waals surface area contributed by atoms with Gasteiger partial charge in [-0.2, -0.15) is 0 Å². The lowest BCUT2D eigenvalue weighted by Gasteiger charge is -2.10. The Bertz CT molecular complexity index is 925. The van der Waals surface area contributed by atoms with E-state index in [1.54, 1.807) is 18.2 Å². The van der Waals surface area contributed by atoms with E-state index in [2.05, 4.69) is 10.3 Å². The molecule has 138 valence electrons. The molecule has 0 saturated heterocycles. The van der Waals surface area contributed by atoms with Gasteiger partial charge in [-0.05, 0) is 23.8 Å². The summed E-state index contributed by atoms with van der Waals surface area (Å²) < 4.78 is 10.5. The molecule has 0 unspecified atom stereocenters. The van der Waals surface area contributed by atoms with Crippen molar-refractivity contribution in [3.8, 4) is 11.5 Å². The highest BCUT2D eigenvalue weighted by molar-refractivity contribution is 7.14. The molecule has 2 aromatic carbocycles. The maximum atomic E-state index is 12.5. The standard InChI is InChI=1S/C20H18N2O4S/c1-25-18-12-15(7-8-17(18)26-10-9-23)19(24)22-20-21-16(13-27-20)11-14-5-3-2-4-6-14/h2-9,12-13H,10-11H2,1H3,(H,21,22,24). The second-order valence-corrected chi connectivity index (χ2v) is 6.46. The quantitative estimate of drug-likeness (QED) is 0.603. The van der Waals surface area contributed by atoms with Crippen LogP contribution < -0.4 is 14.8 Å². The summed E-state index contributed by atoms with van der Waals surface area (Å²) in [5.41, 5.74) is 2.47. The minimum atomic E-state index is -0.296. The Morgan fingerprint density at radius 3 is 2.74 bits per heavy atom. The van der Waals surface area contributed by atoms with E-state index in [4.69, 9.17) is 9.47 Å². The van der Waals surface area contributed by atoms with Gasteiger partial charge in [0.25, 0.3) is 5.91 Å². The average Bonchev–Trinajstić information content (AvgIpc) is 3.13. The lowest BCUT2D eigenvalue weighted by Crippen LogP contribution is -2.12. The van der Waals surface area contributed by atoms with E-state index in [1.165, 1.54) is 18.4 Å². The van der Waals surface area contributed by atoms with E-state index in [1.807, 2.05) is 35.7 Å². The summed E-state index contributed by atoms with van der Waals surface area (Å²) in [4.78, 5) is 27.4. The topological polar surface area (TPSA) is 77.5 Å². The highest BCUT2D eigenvalue weighted by Gasteiger charge is 2.13. The van der Waals surface area contributed by atoms with Gasteiger partial charge in [0.05, 0.1) is 12.8 Å². The third kappa shape index (κ3) is 4.92. The minimum absolute atomic E-state index is 0.0782. The first-order chi connectivity index (χ1) is 13.2. The number of aromatic nitrogens is 1. The Balaban J connectivity index is 1.67. The number of ether oxygens (including phenoxy) is 2. The highest BCUT2D eigenvalue weighted by Crippen LogP contribution is 2.28. The van der Waals surface area contributed by atoms with Crippen LogP contribution in [0.3, 0.4) is 0 Å². The largest absolute Gasteiger partial charge is 0.493 e. The number of amides is 1. The van der Waals surface area contributed by atoms with Crippen molar-refractivity contribution in [2.24, 2.45) is 0 Å². The molecule has 3 rings (SSSR count). The van der Waals surface area contributed by atoms with Crippen LogP contribution in [-0.2, 0) is 11.2 Å². The molecule has 3 aromatic rings. The van der Waals surface area contributed by atoms with Gasteiger partial charge < -0.3 is 9.47 Å². The van der Waals surface area contributed by atoms with Crippen LogP contribution in [-0.4, -0.2) is 30.9 Å². The van der Waals surface area contributed by atoms with Crippen LogP contribution in [0.15, 0.2) is 53.9 Å². The number of rotatable bonds is 8. The number of methoxy groups -OCH3 is 1. The number of thiazole rings is 1. The van der Waals surface area contributed by atoms with Gasteiger partial charge in [0.15, 0.2) is 22.9 Å².